The monoisotopic (exact) mass is 265 g/mol. The molecule has 0 heterocycles. The van der Waals surface area contributed by atoms with Gasteiger partial charge in [-0.15, -0.1) is 0 Å². The third-order valence-electron chi connectivity index (χ3n) is 3.80. The average molecular weight is 265 g/mol. The number of carbonyl (C=O) groups is 1. The molecule has 0 atom stereocenters. The second-order valence-corrected chi connectivity index (χ2v) is 5.43. The minimum Gasteiger partial charge on any atom is -0.388 e. The Morgan fingerprint density at radius 3 is 2.68 bits per heavy atom. The van der Waals surface area contributed by atoms with Crippen molar-refractivity contribution in [1.82, 2.24) is 5.32 Å². The van der Waals surface area contributed by atoms with Crippen molar-refractivity contribution < 1.29 is 14.3 Å². The summed E-state index contributed by atoms with van der Waals surface area (Å²) in [5.74, 6) is -0.720. The molecule has 0 aliphatic heterocycles. The zero-order valence-electron chi connectivity index (χ0n) is 11.2. The van der Waals surface area contributed by atoms with Crippen molar-refractivity contribution in [2.45, 2.75) is 44.6 Å². The summed E-state index contributed by atoms with van der Waals surface area (Å²) in [5.41, 5.74) is 0.0157. The van der Waals surface area contributed by atoms with E-state index in [1.54, 1.807) is 19.1 Å². The maximum atomic E-state index is 13.4. The molecule has 1 aliphatic carbocycles. The van der Waals surface area contributed by atoms with Gasteiger partial charge in [-0.2, -0.15) is 0 Å². The number of hydrogen-bond donors (Lipinski definition) is 2. The Morgan fingerprint density at radius 2 is 2.05 bits per heavy atom. The van der Waals surface area contributed by atoms with Gasteiger partial charge in [0.15, 0.2) is 0 Å². The fourth-order valence-electron chi connectivity index (χ4n) is 2.47. The third kappa shape index (κ3) is 3.53. The largest absolute Gasteiger partial charge is 0.388 e. The lowest BCUT2D eigenvalue weighted by Crippen LogP contribution is -2.44. The SMILES string of the molecule is Cc1ccc(C(=O)NCC2(O)CCCCC2)cc1F. The number of benzene rings is 1. The van der Waals surface area contributed by atoms with Crippen molar-refractivity contribution in [2.24, 2.45) is 0 Å². The molecule has 19 heavy (non-hydrogen) atoms. The minimum absolute atomic E-state index is 0.237. The van der Waals surface area contributed by atoms with E-state index in [0.717, 1.165) is 32.1 Å². The molecule has 1 fully saturated rings. The average Bonchev–Trinajstić information content (AvgIpc) is 2.40. The number of aryl methyl sites for hydroxylation is 1. The Labute approximate surface area is 112 Å². The van der Waals surface area contributed by atoms with Gasteiger partial charge in [0.25, 0.3) is 5.91 Å². The van der Waals surface area contributed by atoms with Gasteiger partial charge in [0.05, 0.1) is 5.60 Å². The van der Waals surface area contributed by atoms with E-state index in [-0.39, 0.29) is 18.3 Å². The van der Waals surface area contributed by atoms with Crippen LogP contribution >= 0.6 is 0 Å². The molecular weight excluding hydrogens is 245 g/mol. The molecule has 0 spiro atoms. The van der Waals surface area contributed by atoms with Gasteiger partial charge in [0.1, 0.15) is 5.82 Å². The highest BCUT2D eigenvalue weighted by Crippen LogP contribution is 2.27. The first-order valence-corrected chi connectivity index (χ1v) is 6.77. The molecule has 0 unspecified atom stereocenters. The van der Waals surface area contributed by atoms with Crippen LogP contribution in [0.15, 0.2) is 18.2 Å². The van der Waals surface area contributed by atoms with E-state index in [4.69, 9.17) is 0 Å². The number of aliphatic hydroxyl groups is 1. The van der Waals surface area contributed by atoms with Gasteiger partial charge < -0.3 is 10.4 Å². The van der Waals surface area contributed by atoms with Crippen LogP contribution in [0, 0.1) is 12.7 Å². The summed E-state index contributed by atoms with van der Waals surface area (Å²) in [7, 11) is 0. The summed E-state index contributed by atoms with van der Waals surface area (Å²) in [6, 6.07) is 4.41. The molecule has 2 rings (SSSR count). The molecule has 1 aliphatic rings. The number of amides is 1. The molecule has 4 heteroatoms. The van der Waals surface area contributed by atoms with E-state index in [1.807, 2.05) is 0 Å². The second-order valence-electron chi connectivity index (χ2n) is 5.43. The van der Waals surface area contributed by atoms with Crippen molar-refractivity contribution in [2.75, 3.05) is 6.54 Å². The third-order valence-corrected chi connectivity index (χ3v) is 3.80. The Bertz CT molecular complexity index is 467. The Balaban J connectivity index is 1.95. The summed E-state index contributed by atoms with van der Waals surface area (Å²) in [5, 5.41) is 13.0. The molecule has 1 aromatic rings. The molecule has 0 saturated heterocycles. The van der Waals surface area contributed by atoms with Crippen LogP contribution in [-0.2, 0) is 0 Å². The number of hydrogen-bond acceptors (Lipinski definition) is 2. The first kappa shape index (κ1) is 14.0. The highest BCUT2D eigenvalue weighted by atomic mass is 19.1. The van der Waals surface area contributed by atoms with Crippen LogP contribution in [0.5, 0.6) is 0 Å². The van der Waals surface area contributed by atoms with Crippen LogP contribution in [0.2, 0.25) is 0 Å². The number of carbonyl (C=O) groups excluding carboxylic acids is 1. The van der Waals surface area contributed by atoms with Crippen LogP contribution in [0.4, 0.5) is 4.39 Å². The zero-order valence-corrected chi connectivity index (χ0v) is 11.2. The molecule has 1 aromatic carbocycles. The van der Waals surface area contributed by atoms with E-state index < -0.39 is 5.60 Å². The number of halogens is 1. The Kier molecular flexibility index (Phi) is 4.20. The summed E-state index contributed by atoms with van der Waals surface area (Å²) in [4.78, 5) is 11.9. The maximum absolute atomic E-state index is 13.4. The van der Waals surface area contributed by atoms with Crippen molar-refractivity contribution >= 4 is 5.91 Å². The van der Waals surface area contributed by atoms with Crippen LogP contribution < -0.4 is 5.32 Å². The smallest absolute Gasteiger partial charge is 0.251 e. The standard InChI is InChI=1S/C15H20FNO2/c1-11-5-6-12(9-13(11)16)14(18)17-10-15(19)7-3-2-4-8-15/h5-6,9,19H,2-4,7-8,10H2,1H3,(H,17,18). The van der Waals surface area contributed by atoms with Crippen LogP contribution in [0.25, 0.3) is 0 Å². The molecule has 0 radical (unpaired) electrons. The van der Waals surface area contributed by atoms with Crippen LogP contribution in [0.3, 0.4) is 0 Å². The van der Waals surface area contributed by atoms with E-state index >= 15 is 0 Å². The maximum Gasteiger partial charge on any atom is 0.251 e. The first-order valence-electron chi connectivity index (χ1n) is 6.77. The van der Waals surface area contributed by atoms with Gasteiger partial charge in [0.2, 0.25) is 0 Å². The molecule has 1 amide bonds. The summed E-state index contributed by atoms with van der Waals surface area (Å²) < 4.78 is 13.4. The number of rotatable bonds is 3. The normalized spacial score (nSPS) is 18.1. The van der Waals surface area contributed by atoms with E-state index in [2.05, 4.69) is 5.32 Å². The molecule has 2 N–H and O–H groups in total. The molecule has 0 bridgehead atoms. The van der Waals surface area contributed by atoms with Crippen molar-refractivity contribution in [3.05, 3.63) is 35.1 Å². The van der Waals surface area contributed by atoms with Gasteiger partial charge in [0, 0.05) is 12.1 Å². The van der Waals surface area contributed by atoms with Gasteiger partial charge in [-0.3, -0.25) is 4.79 Å². The fraction of sp³-hybridized carbons (Fsp3) is 0.533. The van der Waals surface area contributed by atoms with Crippen LogP contribution in [-0.4, -0.2) is 23.2 Å². The molecule has 3 nitrogen and oxygen atoms in total. The van der Waals surface area contributed by atoms with Gasteiger partial charge in [-0.25, -0.2) is 4.39 Å². The molecule has 0 aromatic heterocycles. The summed E-state index contributed by atoms with van der Waals surface area (Å²) in [6.07, 6.45) is 4.56. The van der Waals surface area contributed by atoms with E-state index in [1.165, 1.54) is 6.07 Å². The predicted molar refractivity (Wildman–Crippen MR) is 71.5 cm³/mol. The van der Waals surface area contributed by atoms with Gasteiger partial charge in [-0.05, 0) is 37.5 Å². The summed E-state index contributed by atoms with van der Waals surface area (Å²) >= 11 is 0. The highest BCUT2D eigenvalue weighted by Gasteiger charge is 2.29. The molecular formula is C15H20FNO2. The highest BCUT2D eigenvalue weighted by molar-refractivity contribution is 5.94. The van der Waals surface area contributed by atoms with Crippen molar-refractivity contribution in [3.63, 3.8) is 0 Å². The molecule has 104 valence electrons. The number of nitrogens with one attached hydrogen (secondary N) is 1. The zero-order chi connectivity index (χ0) is 13.9. The Morgan fingerprint density at radius 1 is 1.37 bits per heavy atom. The lowest BCUT2D eigenvalue weighted by Gasteiger charge is -2.32. The minimum atomic E-state index is -0.794. The fourth-order valence-corrected chi connectivity index (χ4v) is 2.47. The Hall–Kier alpha value is -1.42. The molecule has 1 saturated carbocycles. The van der Waals surface area contributed by atoms with Gasteiger partial charge >= 0.3 is 0 Å². The van der Waals surface area contributed by atoms with Gasteiger partial charge in [-0.1, -0.05) is 25.3 Å². The van der Waals surface area contributed by atoms with Crippen LogP contribution in [0.1, 0.15) is 48.0 Å². The van der Waals surface area contributed by atoms with E-state index in [9.17, 15) is 14.3 Å². The second kappa shape index (κ2) is 5.70. The summed E-state index contributed by atoms with van der Waals surface area (Å²) in [6.45, 7) is 1.89. The van der Waals surface area contributed by atoms with Crippen molar-refractivity contribution in [3.8, 4) is 0 Å². The topological polar surface area (TPSA) is 49.3 Å². The quantitative estimate of drug-likeness (QED) is 0.882. The van der Waals surface area contributed by atoms with E-state index in [0.29, 0.717) is 11.1 Å². The predicted octanol–water partition coefficient (Wildman–Crippen LogP) is 2.56. The lowest BCUT2D eigenvalue weighted by molar-refractivity contribution is 0.00525. The van der Waals surface area contributed by atoms with Crippen molar-refractivity contribution in [1.29, 1.82) is 0 Å². The first-order chi connectivity index (χ1) is 9.00. The lowest BCUT2D eigenvalue weighted by atomic mass is 9.85.